The smallest absolute Gasteiger partial charge is 0.343 e. The summed E-state index contributed by atoms with van der Waals surface area (Å²) < 4.78 is 10.0. The van der Waals surface area contributed by atoms with E-state index in [4.69, 9.17) is 9.15 Å². The van der Waals surface area contributed by atoms with E-state index in [-0.39, 0.29) is 28.1 Å². The highest BCUT2D eigenvalue weighted by Gasteiger charge is 2.17. The molecule has 0 fully saturated rings. The average Bonchev–Trinajstić information content (AvgIpc) is 2.62. The van der Waals surface area contributed by atoms with E-state index in [1.54, 1.807) is 24.3 Å². The van der Waals surface area contributed by atoms with Crippen molar-refractivity contribution in [1.82, 2.24) is 0 Å². The number of rotatable bonds is 4. The number of benzene rings is 2. The minimum atomic E-state index is -0.584. The molecule has 8 heteroatoms. The average molecular weight is 340 g/mol. The van der Waals surface area contributed by atoms with Gasteiger partial charge in [-0.3, -0.25) is 14.9 Å². The largest absolute Gasteiger partial charge is 0.495 e. The Morgan fingerprint density at radius 3 is 2.60 bits per heavy atom. The Morgan fingerprint density at radius 1 is 1.20 bits per heavy atom. The molecule has 2 aromatic carbocycles. The van der Waals surface area contributed by atoms with Crippen molar-refractivity contribution in [2.24, 2.45) is 0 Å². The molecule has 25 heavy (non-hydrogen) atoms. The summed E-state index contributed by atoms with van der Waals surface area (Å²) in [5.41, 5.74) is -0.485. The number of nitrogens with one attached hydrogen (secondary N) is 1. The standard InChI is InChI=1S/C17H12N2O6/c1-24-15-7-6-10(19(22)23)8-14(15)18-16(20)13-9-25-17(21)12-5-3-2-4-11(12)13/h2-9H,1H3,(H,18,20). The van der Waals surface area contributed by atoms with Crippen LogP contribution in [0.1, 0.15) is 10.4 Å². The number of nitro benzene ring substituents is 1. The van der Waals surface area contributed by atoms with E-state index in [1.165, 1.54) is 25.3 Å². The van der Waals surface area contributed by atoms with Gasteiger partial charge in [0.15, 0.2) is 0 Å². The zero-order valence-electron chi connectivity index (χ0n) is 13.0. The number of carbonyl (C=O) groups excluding carboxylic acids is 1. The fraction of sp³-hybridized carbons (Fsp3) is 0.0588. The fourth-order valence-electron chi connectivity index (χ4n) is 2.41. The third kappa shape index (κ3) is 3.05. The molecule has 0 aliphatic rings. The van der Waals surface area contributed by atoms with Crippen LogP contribution in [0, 0.1) is 10.1 Å². The fourth-order valence-corrected chi connectivity index (χ4v) is 2.41. The Labute approximate surface area is 140 Å². The van der Waals surface area contributed by atoms with E-state index >= 15 is 0 Å². The van der Waals surface area contributed by atoms with E-state index < -0.39 is 16.5 Å². The monoisotopic (exact) mass is 340 g/mol. The Hall–Kier alpha value is -3.68. The Bertz CT molecular complexity index is 1040. The van der Waals surface area contributed by atoms with Crippen LogP contribution in [0.15, 0.2) is 57.9 Å². The van der Waals surface area contributed by atoms with E-state index in [2.05, 4.69) is 5.32 Å². The number of ether oxygens (including phenoxy) is 1. The molecule has 0 spiro atoms. The molecular formula is C17H12N2O6. The highest BCUT2D eigenvalue weighted by Crippen LogP contribution is 2.29. The van der Waals surface area contributed by atoms with Crippen LogP contribution in [-0.4, -0.2) is 17.9 Å². The maximum absolute atomic E-state index is 12.6. The molecule has 0 saturated heterocycles. The van der Waals surface area contributed by atoms with Gasteiger partial charge >= 0.3 is 5.63 Å². The Morgan fingerprint density at radius 2 is 1.92 bits per heavy atom. The summed E-state index contributed by atoms with van der Waals surface area (Å²) in [5, 5.41) is 14.2. The number of non-ortho nitro benzene ring substituents is 1. The number of fused-ring (bicyclic) bond motifs is 1. The van der Waals surface area contributed by atoms with Crippen LogP contribution >= 0.6 is 0 Å². The summed E-state index contributed by atoms with van der Waals surface area (Å²) in [4.78, 5) is 34.7. The van der Waals surface area contributed by atoms with Crippen molar-refractivity contribution in [3.8, 4) is 5.75 Å². The molecule has 8 nitrogen and oxygen atoms in total. The number of carbonyl (C=O) groups is 1. The van der Waals surface area contributed by atoms with Crippen molar-refractivity contribution in [2.75, 3.05) is 12.4 Å². The van der Waals surface area contributed by atoms with Gasteiger partial charge in [0.05, 0.1) is 28.7 Å². The SMILES string of the molecule is COc1ccc([N+](=O)[O-])cc1NC(=O)c1coc(=O)c2ccccc12. The highest BCUT2D eigenvalue weighted by atomic mass is 16.6. The number of anilines is 1. The lowest BCUT2D eigenvalue weighted by Gasteiger charge is -2.10. The molecule has 0 unspecified atom stereocenters. The molecule has 3 aromatic rings. The summed E-state index contributed by atoms with van der Waals surface area (Å²) >= 11 is 0. The molecule has 0 atom stereocenters. The zero-order chi connectivity index (χ0) is 18.0. The van der Waals surface area contributed by atoms with Gasteiger partial charge in [-0.1, -0.05) is 18.2 Å². The van der Waals surface area contributed by atoms with Gasteiger partial charge in [0.1, 0.15) is 12.0 Å². The third-order valence-corrected chi connectivity index (χ3v) is 3.61. The number of nitrogens with zero attached hydrogens (tertiary/aromatic N) is 1. The highest BCUT2D eigenvalue weighted by molar-refractivity contribution is 6.12. The van der Waals surface area contributed by atoms with Gasteiger partial charge in [-0.2, -0.15) is 0 Å². The summed E-state index contributed by atoms with van der Waals surface area (Å²) in [6, 6.07) is 10.4. The second-order valence-electron chi connectivity index (χ2n) is 5.08. The molecule has 0 radical (unpaired) electrons. The molecular weight excluding hydrogens is 328 g/mol. The van der Waals surface area contributed by atoms with Crippen LogP contribution in [0.2, 0.25) is 0 Å². The number of hydrogen-bond donors (Lipinski definition) is 1. The molecule has 1 amide bonds. The van der Waals surface area contributed by atoms with E-state index in [9.17, 15) is 19.7 Å². The van der Waals surface area contributed by atoms with Gasteiger partial charge in [0.2, 0.25) is 0 Å². The topological polar surface area (TPSA) is 112 Å². The molecule has 1 N–H and O–H groups in total. The zero-order valence-corrected chi connectivity index (χ0v) is 13.0. The van der Waals surface area contributed by atoms with Crippen LogP contribution in [0.25, 0.3) is 10.8 Å². The molecule has 3 rings (SSSR count). The van der Waals surface area contributed by atoms with Gasteiger partial charge in [0.25, 0.3) is 11.6 Å². The molecule has 1 aromatic heterocycles. The molecule has 0 bridgehead atoms. The van der Waals surface area contributed by atoms with Crippen LogP contribution < -0.4 is 15.7 Å². The summed E-state index contributed by atoms with van der Waals surface area (Å²) in [5.74, 6) is -0.320. The first-order chi connectivity index (χ1) is 12.0. The first-order valence-corrected chi connectivity index (χ1v) is 7.15. The molecule has 0 aliphatic carbocycles. The van der Waals surface area contributed by atoms with E-state index in [1.807, 2.05) is 0 Å². The number of amides is 1. The van der Waals surface area contributed by atoms with Crippen molar-refractivity contribution >= 4 is 28.1 Å². The minimum Gasteiger partial charge on any atom is -0.495 e. The first-order valence-electron chi connectivity index (χ1n) is 7.15. The Balaban J connectivity index is 2.04. The lowest BCUT2D eigenvalue weighted by molar-refractivity contribution is -0.384. The molecule has 0 saturated carbocycles. The lowest BCUT2D eigenvalue weighted by Crippen LogP contribution is -2.15. The number of methoxy groups -OCH3 is 1. The van der Waals surface area contributed by atoms with E-state index in [0.29, 0.717) is 5.39 Å². The predicted molar refractivity (Wildman–Crippen MR) is 90.1 cm³/mol. The second kappa shape index (κ2) is 6.44. The molecule has 1 heterocycles. The molecule has 126 valence electrons. The van der Waals surface area contributed by atoms with Crippen molar-refractivity contribution in [2.45, 2.75) is 0 Å². The molecule has 0 aliphatic heterocycles. The van der Waals surface area contributed by atoms with Gasteiger partial charge in [0, 0.05) is 17.5 Å². The van der Waals surface area contributed by atoms with Crippen LogP contribution in [0.4, 0.5) is 11.4 Å². The van der Waals surface area contributed by atoms with Crippen LogP contribution in [0.3, 0.4) is 0 Å². The van der Waals surface area contributed by atoms with Gasteiger partial charge in [-0.25, -0.2) is 4.79 Å². The normalized spacial score (nSPS) is 10.4. The summed E-state index contributed by atoms with van der Waals surface area (Å²) in [6.07, 6.45) is 1.06. The third-order valence-electron chi connectivity index (χ3n) is 3.61. The predicted octanol–water partition coefficient (Wildman–Crippen LogP) is 2.96. The lowest BCUT2D eigenvalue weighted by atomic mass is 10.1. The first kappa shape index (κ1) is 16.2. The van der Waals surface area contributed by atoms with E-state index in [0.717, 1.165) is 6.26 Å². The van der Waals surface area contributed by atoms with Crippen LogP contribution in [0.5, 0.6) is 5.75 Å². The van der Waals surface area contributed by atoms with Crippen LogP contribution in [-0.2, 0) is 0 Å². The quantitative estimate of drug-likeness (QED) is 0.577. The van der Waals surface area contributed by atoms with Crippen molar-refractivity contribution < 1.29 is 18.9 Å². The van der Waals surface area contributed by atoms with Crippen molar-refractivity contribution in [3.05, 3.63) is 74.8 Å². The van der Waals surface area contributed by atoms with Crippen molar-refractivity contribution in [1.29, 1.82) is 0 Å². The maximum Gasteiger partial charge on any atom is 0.343 e. The second-order valence-corrected chi connectivity index (χ2v) is 5.08. The van der Waals surface area contributed by atoms with Gasteiger partial charge < -0.3 is 14.5 Å². The van der Waals surface area contributed by atoms with Gasteiger partial charge in [-0.15, -0.1) is 0 Å². The van der Waals surface area contributed by atoms with Crippen molar-refractivity contribution in [3.63, 3.8) is 0 Å². The maximum atomic E-state index is 12.6. The summed E-state index contributed by atoms with van der Waals surface area (Å²) in [6.45, 7) is 0. The van der Waals surface area contributed by atoms with Gasteiger partial charge in [-0.05, 0) is 12.1 Å². The Kier molecular flexibility index (Phi) is 4.17. The number of hydrogen-bond acceptors (Lipinski definition) is 6. The summed E-state index contributed by atoms with van der Waals surface area (Å²) in [7, 11) is 1.38. The number of nitro groups is 1. The minimum absolute atomic E-state index is 0.128.